The van der Waals surface area contributed by atoms with Gasteiger partial charge in [-0.2, -0.15) is 5.10 Å². The molecule has 0 radical (unpaired) electrons. The van der Waals surface area contributed by atoms with E-state index in [9.17, 15) is 0 Å². The molecule has 1 atom stereocenters. The molecule has 6 nitrogen and oxygen atoms in total. The van der Waals surface area contributed by atoms with Gasteiger partial charge < -0.3 is 14.8 Å². The fourth-order valence-corrected chi connectivity index (χ4v) is 4.23. The average Bonchev–Trinajstić information content (AvgIpc) is 2.94. The Morgan fingerprint density at radius 1 is 1.17 bits per heavy atom. The van der Waals surface area contributed by atoms with Gasteiger partial charge >= 0.3 is 0 Å². The number of nitrogens with zero attached hydrogens (tertiary/aromatic N) is 3. The second-order valence-corrected chi connectivity index (χ2v) is 8.59. The molecule has 1 fully saturated rings. The lowest BCUT2D eigenvalue weighted by Crippen LogP contribution is -2.44. The van der Waals surface area contributed by atoms with Gasteiger partial charge in [-0.05, 0) is 57.0 Å². The zero-order valence-electron chi connectivity index (χ0n) is 18.0. The molecule has 29 heavy (non-hydrogen) atoms. The molecule has 1 unspecified atom stereocenters. The molecule has 1 aromatic heterocycles. The number of hydrogen-bond donors (Lipinski definition) is 1. The van der Waals surface area contributed by atoms with E-state index in [0.717, 1.165) is 48.2 Å². The van der Waals surface area contributed by atoms with E-state index in [0.29, 0.717) is 19.3 Å². The number of hydrogen-bond acceptors (Lipinski definition) is 5. The van der Waals surface area contributed by atoms with E-state index in [1.165, 1.54) is 31.5 Å². The summed E-state index contributed by atoms with van der Waals surface area (Å²) < 4.78 is 13.5. The molecule has 2 aliphatic rings. The summed E-state index contributed by atoms with van der Waals surface area (Å²) in [5.41, 5.74) is 3.29. The SMILES string of the molecule is CC1CCN(C(C)CNCc2cn(C)nc2-c2ccc3c(c2)OCCCO3)CC1. The Balaban J connectivity index is 1.40. The number of rotatable bonds is 6. The Bertz CT molecular complexity index is 811. The molecule has 1 N–H and O–H groups in total. The first-order valence-electron chi connectivity index (χ1n) is 11.0. The van der Waals surface area contributed by atoms with Gasteiger partial charge in [0.15, 0.2) is 11.5 Å². The van der Waals surface area contributed by atoms with E-state index < -0.39 is 0 Å². The molecule has 4 rings (SSSR count). The lowest BCUT2D eigenvalue weighted by Gasteiger charge is -2.35. The van der Waals surface area contributed by atoms with E-state index in [1.54, 1.807) is 0 Å². The summed E-state index contributed by atoms with van der Waals surface area (Å²) in [7, 11) is 1.98. The minimum atomic E-state index is 0.556. The van der Waals surface area contributed by atoms with Crippen LogP contribution in [0.4, 0.5) is 0 Å². The fraction of sp³-hybridized carbons (Fsp3) is 0.609. The molecule has 1 saturated heterocycles. The van der Waals surface area contributed by atoms with Crippen LogP contribution in [0.2, 0.25) is 0 Å². The molecular formula is C23H34N4O2. The first-order chi connectivity index (χ1) is 14.1. The summed E-state index contributed by atoms with van der Waals surface area (Å²) in [5, 5.41) is 8.37. The van der Waals surface area contributed by atoms with Gasteiger partial charge in [-0.3, -0.25) is 9.58 Å². The molecule has 0 aliphatic carbocycles. The molecule has 0 saturated carbocycles. The average molecular weight is 399 g/mol. The van der Waals surface area contributed by atoms with Crippen molar-refractivity contribution in [2.45, 2.75) is 45.7 Å². The van der Waals surface area contributed by atoms with Crippen molar-refractivity contribution in [3.63, 3.8) is 0 Å². The van der Waals surface area contributed by atoms with E-state index >= 15 is 0 Å². The van der Waals surface area contributed by atoms with Gasteiger partial charge in [0.25, 0.3) is 0 Å². The number of piperidine rings is 1. The number of aromatic nitrogens is 2. The summed E-state index contributed by atoms with van der Waals surface area (Å²) in [6, 6.07) is 6.70. The van der Waals surface area contributed by atoms with Crippen molar-refractivity contribution in [2.24, 2.45) is 13.0 Å². The molecule has 1 aromatic carbocycles. The zero-order valence-corrected chi connectivity index (χ0v) is 18.0. The predicted molar refractivity (Wildman–Crippen MR) is 115 cm³/mol. The number of aryl methyl sites for hydroxylation is 1. The van der Waals surface area contributed by atoms with Crippen LogP contribution in [0.1, 0.15) is 38.7 Å². The van der Waals surface area contributed by atoms with Crippen molar-refractivity contribution in [3.05, 3.63) is 30.0 Å². The number of ether oxygens (including phenoxy) is 2. The maximum absolute atomic E-state index is 5.86. The molecule has 2 aliphatic heterocycles. The normalized spacial score (nSPS) is 19.1. The Labute approximate surface area is 174 Å². The quantitative estimate of drug-likeness (QED) is 0.808. The number of nitrogens with one attached hydrogen (secondary N) is 1. The standard InChI is InChI=1S/C23H34N4O2/c1-17-7-9-27(10-8-17)18(2)14-24-15-20-16-26(3)25-23(20)19-5-6-21-22(13-19)29-12-4-11-28-21/h5-6,13,16-18,24H,4,7-12,14-15H2,1-3H3. The highest BCUT2D eigenvalue weighted by Gasteiger charge is 2.20. The van der Waals surface area contributed by atoms with Crippen LogP contribution in [0.15, 0.2) is 24.4 Å². The van der Waals surface area contributed by atoms with E-state index in [-0.39, 0.29) is 0 Å². The fourth-order valence-electron chi connectivity index (χ4n) is 4.23. The summed E-state index contributed by atoms with van der Waals surface area (Å²) in [4.78, 5) is 2.61. The second-order valence-electron chi connectivity index (χ2n) is 8.59. The van der Waals surface area contributed by atoms with Gasteiger partial charge in [0.1, 0.15) is 0 Å². The number of likely N-dealkylation sites (tertiary alicyclic amines) is 1. The van der Waals surface area contributed by atoms with Crippen LogP contribution in [0, 0.1) is 5.92 Å². The van der Waals surface area contributed by atoms with Crippen molar-refractivity contribution in [1.82, 2.24) is 20.0 Å². The van der Waals surface area contributed by atoms with Crippen LogP contribution in [0.25, 0.3) is 11.3 Å². The lowest BCUT2D eigenvalue weighted by molar-refractivity contribution is 0.144. The number of fused-ring (bicyclic) bond motifs is 1. The Morgan fingerprint density at radius 3 is 2.72 bits per heavy atom. The molecule has 0 bridgehead atoms. The Kier molecular flexibility index (Phi) is 6.40. The molecule has 158 valence electrons. The third-order valence-electron chi connectivity index (χ3n) is 6.12. The van der Waals surface area contributed by atoms with Crippen LogP contribution in [0.3, 0.4) is 0 Å². The summed E-state index contributed by atoms with van der Waals surface area (Å²) in [6.45, 7) is 10.3. The molecule has 6 heteroatoms. The van der Waals surface area contributed by atoms with Crippen LogP contribution in [0.5, 0.6) is 11.5 Å². The van der Waals surface area contributed by atoms with Gasteiger partial charge in [0.05, 0.1) is 18.9 Å². The van der Waals surface area contributed by atoms with E-state index in [2.05, 4.69) is 42.4 Å². The van der Waals surface area contributed by atoms with E-state index in [1.807, 2.05) is 17.8 Å². The Hall–Kier alpha value is -2.05. The highest BCUT2D eigenvalue weighted by Crippen LogP contribution is 2.34. The molecular weight excluding hydrogens is 364 g/mol. The maximum atomic E-state index is 5.86. The van der Waals surface area contributed by atoms with Crippen LogP contribution in [-0.2, 0) is 13.6 Å². The largest absolute Gasteiger partial charge is 0.490 e. The van der Waals surface area contributed by atoms with Gasteiger partial charge in [-0.25, -0.2) is 0 Å². The highest BCUT2D eigenvalue weighted by atomic mass is 16.5. The predicted octanol–water partition coefficient (Wildman–Crippen LogP) is 3.46. The van der Waals surface area contributed by atoms with Crippen LogP contribution < -0.4 is 14.8 Å². The number of benzene rings is 1. The smallest absolute Gasteiger partial charge is 0.161 e. The Morgan fingerprint density at radius 2 is 1.93 bits per heavy atom. The molecule has 0 amide bonds. The maximum Gasteiger partial charge on any atom is 0.161 e. The highest BCUT2D eigenvalue weighted by molar-refractivity contribution is 5.66. The first-order valence-corrected chi connectivity index (χ1v) is 11.0. The van der Waals surface area contributed by atoms with Gasteiger partial charge in [0.2, 0.25) is 0 Å². The first kappa shape index (κ1) is 20.2. The summed E-state index contributed by atoms with van der Waals surface area (Å²) in [6.07, 6.45) is 5.66. The lowest BCUT2D eigenvalue weighted by atomic mass is 9.98. The third-order valence-corrected chi connectivity index (χ3v) is 6.12. The monoisotopic (exact) mass is 398 g/mol. The van der Waals surface area contributed by atoms with Crippen molar-refractivity contribution >= 4 is 0 Å². The van der Waals surface area contributed by atoms with Crippen LogP contribution >= 0.6 is 0 Å². The summed E-state index contributed by atoms with van der Waals surface area (Å²) >= 11 is 0. The van der Waals surface area contributed by atoms with Crippen molar-refractivity contribution in [3.8, 4) is 22.8 Å². The van der Waals surface area contributed by atoms with E-state index in [4.69, 9.17) is 14.6 Å². The van der Waals surface area contributed by atoms with Crippen molar-refractivity contribution in [2.75, 3.05) is 32.8 Å². The van der Waals surface area contributed by atoms with Crippen LogP contribution in [-0.4, -0.2) is 53.6 Å². The molecule has 2 aromatic rings. The second kappa shape index (κ2) is 9.18. The summed E-state index contributed by atoms with van der Waals surface area (Å²) in [5.74, 6) is 2.52. The minimum Gasteiger partial charge on any atom is -0.490 e. The molecule has 3 heterocycles. The van der Waals surface area contributed by atoms with Gasteiger partial charge in [-0.1, -0.05) is 6.92 Å². The van der Waals surface area contributed by atoms with Gasteiger partial charge in [0, 0.05) is 49.9 Å². The van der Waals surface area contributed by atoms with Gasteiger partial charge in [-0.15, -0.1) is 0 Å². The zero-order chi connectivity index (χ0) is 20.2. The minimum absolute atomic E-state index is 0.556. The van der Waals surface area contributed by atoms with Crippen molar-refractivity contribution in [1.29, 1.82) is 0 Å². The topological polar surface area (TPSA) is 51.6 Å². The van der Waals surface area contributed by atoms with Crippen molar-refractivity contribution < 1.29 is 9.47 Å². The third kappa shape index (κ3) is 4.93. The molecule has 0 spiro atoms.